The van der Waals surface area contributed by atoms with Crippen molar-refractivity contribution in [3.8, 4) is 0 Å². The molecular weight excluding hydrogens is 274 g/mol. The Morgan fingerprint density at radius 3 is 2.59 bits per heavy atom. The zero-order chi connectivity index (χ0) is 15.9. The van der Waals surface area contributed by atoms with Crippen molar-refractivity contribution in [2.45, 2.75) is 27.3 Å². The first-order chi connectivity index (χ1) is 10.7. The molecule has 0 fully saturated rings. The number of benzene rings is 1. The van der Waals surface area contributed by atoms with Crippen LogP contribution < -0.4 is 10.2 Å². The first kappa shape index (κ1) is 16.0. The summed E-state index contributed by atoms with van der Waals surface area (Å²) in [7, 11) is 0. The van der Waals surface area contributed by atoms with Crippen LogP contribution in [0.3, 0.4) is 0 Å². The van der Waals surface area contributed by atoms with E-state index < -0.39 is 0 Å². The van der Waals surface area contributed by atoms with E-state index in [0.29, 0.717) is 12.2 Å². The Labute approximate surface area is 132 Å². The van der Waals surface area contributed by atoms with E-state index in [9.17, 15) is 4.79 Å². The fourth-order valence-electron chi connectivity index (χ4n) is 2.40. The van der Waals surface area contributed by atoms with Gasteiger partial charge in [-0.2, -0.15) is 0 Å². The van der Waals surface area contributed by atoms with Crippen molar-refractivity contribution < 1.29 is 4.79 Å². The first-order valence-corrected chi connectivity index (χ1v) is 7.69. The van der Waals surface area contributed by atoms with Crippen molar-refractivity contribution in [2.24, 2.45) is 0 Å². The SMILES string of the molecule is CCN(CC)c1ccnc(C(=O)NCc2ccccc2C)c1. The number of nitrogens with one attached hydrogen (secondary N) is 1. The summed E-state index contributed by atoms with van der Waals surface area (Å²) in [6.07, 6.45) is 1.69. The summed E-state index contributed by atoms with van der Waals surface area (Å²) in [6, 6.07) is 11.8. The summed E-state index contributed by atoms with van der Waals surface area (Å²) < 4.78 is 0. The lowest BCUT2D eigenvalue weighted by Gasteiger charge is -2.21. The van der Waals surface area contributed by atoms with Gasteiger partial charge in [-0.3, -0.25) is 9.78 Å². The molecule has 1 amide bonds. The van der Waals surface area contributed by atoms with Crippen LogP contribution in [0.15, 0.2) is 42.6 Å². The van der Waals surface area contributed by atoms with Crippen LogP contribution in [-0.4, -0.2) is 24.0 Å². The van der Waals surface area contributed by atoms with Crippen molar-refractivity contribution in [3.05, 3.63) is 59.4 Å². The van der Waals surface area contributed by atoms with Gasteiger partial charge in [0.15, 0.2) is 0 Å². The fourth-order valence-corrected chi connectivity index (χ4v) is 2.40. The number of hydrogen-bond acceptors (Lipinski definition) is 3. The molecule has 0 aliphatic rings. The molecule has 0 radical (unpaired) electrons. The van der Waals surface area contributed by atoms with Crippen LogP contribution in [0.1, 0.15) is 35.5 Å². The predicted molar refractivity (Wildman–Crippen MR) is 90.1 cm³/mol. The Morgan fingerprint density at radius 1 is 1.18 bits per heavy atom. The van der Waals surface area contributed by atoms with Gasteiger partial charge in [0.25, 0.3) is 5.91 Å². The average Bonchev–Trinajstić information content (AvgIpc) is 2.55. The topological polar surface area (TPSA) is 45.2 Å². The number of pyridine rings is 1. The maximum absolute atomic E-state index is 12.3. The van der Waals surface area contributed by atoms with Gasteiger partial charge < -0.3 is 10.2 Å². The van der Waals surface area contributed by atoms with Crippen LogP contribution in [0.4, 0.5) is 5.69 Å². The number of carbonyl (C=O) groups is 1. The third-order valence-corrected chi connectivity index (χ3v) is 3.81. The first-order valence-electron chi connectivity index (χ1n) is 7.69. The summed E-state index contributed by atoms with van der Waals surface area (Å²) in [4.78, 5) is 18.7. The molecule has 1 N–H and O–H groups in total. The summed E-state index contributed by atoms with van der Waals surface area (Å²) in [5.74, 6) is -0.141. The van der Waals surface area contributed by atoms with E-state index >= 15 is 0 Å². The van der Waals surface area contributed by atoms with Gasteiger partial charge in [-0.1, -0.05) is 24.3 Å². The molecule has 4 heteroatoms. The molecule has 0 unspecified atom stereocenters. The van der Waals surface area contributed by atoms with Gasteiger partial charge >= 0.3 is 0 Å². The molecule has 1 heterocycles. The Bertz CT molecular complexity index is 636. The van der Waals surface area contributed by atoms with E-state index in [1.807, 2.05) is 43.3 Å². The van der Waals surface area contributed by atoms with E-state index in [1.165, 1.54) is 5.56 Å². The molecule has 0 aliphatic heterocycles. The Morgan fingerprint density at radius 2 is 1.91 bits per heavy atom. The highest BCUT2D eigenvalue weighted by atomic mass is 16.1. The molecule has 22 heavy (non-hydrogen) atoms. The number of amides is 1. The van der Waals surface area contributed by atoms with E-state index in [-0.39, 0.29) is 5.91 Å². The number of aryl methyl sites for hydroxylation is 1. The minimum atomic E-state index is -0.141. The van der Waals surface area contributed by atoms with Crippen molar-refractivity contribution in [3.63, 3.8) is 0 Å². The molecular formula is C18H23N3O. The Balaban J connectivity index is 2.07. The number of carbonyl (C=O) groups excluding carboxylic acids is 1. The Kier molecular flexibility index (Phi) is 5.53. The third kappa shape index (κ3) is 3.85. The van der Waals surface area contributed by atoms with Crippen LogP contribution in [0.2, 0.25) is 0 Å². The summed E-state index contributed by atoms with van der Waals surface area (Å²) in [6.45, 7) is 8.57. The van der Waals surface area contributed by atoms with Crippen LogP contribution in [0.25, 0.3) is 0 Å². The number of anilines is 1. The predicted octanol–water partition coefficient (Wildman–Crippen LogP) is 3.17. The minimum absolute atomic E-state index is 0.141. The minimum Gasteiger partial charge on any atom is -0.372 e. The van der Waals surface area contributed by atoms with Gasteiger partial charge in [0.05, 0.1) is 0 Å². The van der Waals surface area contributed by atoms with Gasteiger partial charge in [-0.05, 0) is 44.0 Å². The standard InChI is InChI=1S/C18H23N3O/c1-4-21(5-2)16-10-11-19-17(12-16)18(22)20-13-15-9-7-6-8-14(15)3/h6-12H,4-5,13H2,1-3H3,(H,20,22). The molecule has 1 aromatic carbocycles. The molecule has 0 spiro atoms. The lowest BCUT2D eigenvalue weighted by Crippen LogP contribution is -2.26. The smallest absolute Gasteiger partial charge is 0.270 e. The molecule has 0 atom stereocenters. The second-order valence-corrected chi connectivity index (χ2v) is 5.18. The van der Waals surface area contributed by atoms with Gasteiger partial charge in [0.1, 0.15) is 5.69 Å². The van der Waals surface area contributed by atoms with Gasteiger partial charge in [0.2, 0.25) is 0 Å². The number of hydrogen-bond donors (Lipinski definition) is 1. The van der Waals surface area contributed by atoms with E-state index in [1.54, 1.807) is 6.20 Å². The summed E-state index contributed by atoms with van der Waals surface area (Å²) in [5, 5.41) is 2.94. The highest BCUT2D eigenvalue weighted by molar-refractivity contribution is 5.93. The van der Waals surface area contributed by atoms with E-state index in [4.69, 9.17) is 0 Å². The molecule has 1 aromatic heterocycles. The fraction of sp³-hybridized carbons (Fsp3) is 0.333. The largest absolute Gasteiger partial charge is 0.372 e. The maximum atomic E-state index is 12.3. The van der Waals surface area contributed by atoms with Crippen LogP contribution in [0, 0.1) is 6.92 Å². The van der Waals surface area contributed by atoms with Crippen molar-refractivity contribution in [1.82, 2.24) is 10.3 Å². The number of aromatic nitrogens is 1. The summed E-state index contributed by atoms with van der Waals surface area (Å²) in [5.41, 5.74) is 3.78. The van der Waals surface area contributed by atoms with Gasteiger partial charge in [-0.15, -0.1) is 0 Å². The van der Waals surface area contributed by atoms with Gasteiger partial charge in [-0.25, -0.2) is 0 Å². The van der Waals surface area contributed by atoms with Crippen molar-refractivity contribution in [1.29, 1.82) is 0 Å². The quantitative estimate of drug-likeness (QED) is 0.891. The van der Waals surface area contributed by atoms with E-state index in [0.717, 1.165) is 24.3 Å². The van der Waals surface area contributed by atoms with Crippen molar-refractivity contribution >= 4 is 11.6 Å². The molecule has 0 bridgehead atoms. The molecule has 2 rings (SSSR count). The van der Waals surface area contributed by atoms with Crippen LogP contribution in [-0.2, 0) is 6.54 Å². The zero-order valence-electron chi connectivity index (χ0n) is 13.5. The second kappa shape index (κ2) is 7.59. The van der Waals surface area contributed by atoms with Crippen LogP contribution in [0.5, 0.6) is 0 Å². The normalized spacial score (nSPS) is 10.3. The number of nitrogens with zero attached hydrogens (tertiary/aromatic N) is 2. The monoisotopic (exact) mass is 297 g/mol. The molecule has 0 aliphatic carbocycles. The highest BCUT2D eigenvalue weighted by Gasteiger charge is 2.10. The molecule has 2 aromatic rings. The lowest BCUT2D eigenvalue weighted by molar-refractivity contribution is 0.0946. The Hall–Kier alpha value is -2.36. The zero-order valence-corrected chi connectivity index (χ0v) is 13.5. The maximum Gasteiger partial charge on any atom is 0.270 e. The average molecular weight is 297 g/mol. The molecule has 0 saturated carbocycles. The third-order valence-electron chi connectivity index (χ3n) is 3.81. The summed E-state index contributed by atoms with van der Waals surface area (Å²) >= 11 is 0. The lowest BCUT2D eigenvalue weighted by atomic mass is 10.1. The number of rotatable bonds is 6. The van der Waals surface area contributed by atoms with E-state index in [2.05, 4.69) is 29.0 Å². The molecule has 116 valence electrons. The molecule has 4 nitrogen and oxygen atoms in total. The van der Waals surface area contributed by atoms with Gasteiger partial charge in [0, 0.05) is 31.5 Å². The highest BCUT2D eigenvalue weighted by Crippen LogP contribution is 2.14. The second-order valence-electron chi connectivity index (χ2n) is 5.18. The van der Waals surface area contributed by atoms with Crippen LogP contribution >= 0.6 is 0 Å². The molecule has 0 saturated heterocycles. The van der Waals surface area contributed by atoms with Crippen molar-refractivity contribution in [2.75, 3.05) is 18.0 Å².